The van der Waals surface area contributed by atoms with Gasteiger partial charge in [-0.25, -0.2) is 0 Å². The molecule has 1 aromatic heterocycles. The highest BCUT2D eigenvalue weighted by molar-refractivity contribution is 6.36. The van der Waals surface area contributed by atoms with Gasteiger partial charge < -0.3 is 15.0 Å². The van der Waals surface area contributed by atoms with E-state index in [9.17, 15) is 14.8 Å². The predicted octanol–water partition coefficient (Wildman–Crippen LogP) is 4.50. The van der Waals surface area contributed by atoms with Gasteiger partial charge in [0.25, 0.3) is 0 Å². The minimum atomic E-state index is -0.488. The molecule has 0 radical (unpaired) electrons. The van der Waals surface area contributed by atoms with Crippen molar-refractivity contribution in [3.05, 3.63) is 34.3 Å². The maximum absolute atomic E-state index is 12.5. The van der Waals surface area contributed by atoms with E-state index >= 15 is 0 Å². The lowest BCUT2D eigenvalue weighted by atomic mass is 9.87. The second-order valence-corrected chi connectivity index (χ2v) is 7.40. The Labute approximate surface area is 157 Å². The second-order valence-electron chi connectivity index (χ2n) is 6.99. The summed E-state index contributed by atoms with van der Waals surface area (Å²) in [7, 11) is 0. The molecule has 0 spiro atoms. The molecule has 2 N–H and O–H groups in total. The number of fused-ring (bicyclic) bond motifs is 1. The number of nitrogens with one attached hydrogen (secondary N) is 1. The number of benzene rings is 1. The van der Waals surface area contributed by atoms with Gasteiger partial charge in [-0.1, -0.05) is 42.1 Å². The smallest absolute Gasteiger partial charge is 0.224 e. The third-order valence-electron chi connectivity index (χ3n) is 5.17. The van der Waals surface area contributed by atoms with Crippen LogP contribution in [-0.4, -0.2) is 28.7 Å². The van der Waals surface area contributed by atoms with Crippen LogP contribution in [0.4, 0.5) is 5.69 Å². The first kappa shape index (κ1) is 18.9. The Morgan fingerprint density at radius 1 is 1.35 bits per heavy atom. The molecule has 1 aliphatic rings. The van der Waals surface area contributed by atoms with E-state index in [1.165, 1.54) is 19.3 Å². The van der Waals surface area contributed by atoms with Crippen molar-refractivity contribution in [2.75, 3.05) is 18.5 Å². The number of carbonyl (C=O) groups excluding carboxylic acids is 1. The van der Waals surface area contributed by atoms with Crippen LogP contribution in [0.1, 0.15) is 44.6 Å². The molecule has 0 bridgehead atoms. The van der Waals surface area contributed by atoms with Crippen LogP contribution in [0, 0.1) is 10.8 Å². The molecular formula is C19H24ClN3O3. The van der Waals surface area contributed by atoms with Gasteiger partial charge in [-0.3, -0.25) is 4.79 Å². The first-order valence-corrected chi connectivity index (χ1v) is 9.50. The number of nitroso groups, excluding NO2 is 1. The molecule has 1 heterocycles. The molecule has 3 rings (SSSR count). The maximum Gasteiger partial charge on any atom is 0.224 e. The number of hydrogen-bond donors (Lipinski definition) is 2. The van der Waals surface area contributed by atoms with E-state index < -0.39 is 6.04 Å². The number of aliphatic hydroxyl groups is 1. The van der Waals surface area contributed by atoms with E-state index in [1.807, 2.05) is 6.07 Å². The van der Waals surface area contributed by atoms with Crippen molar-refractivity contribution in [1.82, 2.24) is 4.57 Å². The summed E-state index contributed by atoms with van der Waals surface area (Å²) in [5, 5.41) is 16.7. The number of anilines is 1. The van der Waals surface area contributed by atoms with Gasteiger partial charge >= 0.3 is 0 Å². The van der Waals surface area contributed by atoms with Crippen LogP contribution < -0.4 is 5.32 Å². The average molecular weight is 378 g/mol. The Bertz CT molecular complexity index is 784. The summed E-state index contributed by atoms with van der Waals surface area (Å²) in [4.78, 5) is 23.2. The van der Waals surface area contributed by atoms with Gasteiger partial charge in [0.2, 0.25) is 5.91 Å². The van der Waals surface area contributed by atoms with E-state index in [0.717, 1.165) is 23.7 Å². The molecule has 1 saturated carbocycles. The molecule has 1 unspecified atom stereocenters. The van der Waals surface area contributed by atoms with Gasteiger partial charge in [0.15, 0.2) is 0 Å². The Balaban J connectivity index is 1.87. The Morgan fingerprint density at radius 2 is 2.12 bits per heavy atom. The number of amides is 1. The number of nitrogens with zero attached hydrogens (tertiary/aromatic N) is 2. The zero-order valence-corrected chi connectivity index (χ0v) is 15.4. The van der Waals surface area contributed by atoms with Gasteiger partial charge in [0, 0.05) is 18.0 Å². The van der Waals surface area contributed by atoms with Gasteiger partial charge in [-0.2, -0.15) is 4.91 Å². The number of aromatic nitrogens is 1. The second kappa shape index (κ2) is 8.64. The highest BCUT2D eigenvalue weighted by Gasteiger charge is 2.21. The summed E-state index contributed by atoms with van der Waals surface area (Å²) in [6.45, 7) is -0.278. The molecule has 140 valence electrons. The molecule has 26 heavy (non-hydrogen) atoms. The van der Waals surface area contributed by atoms with Gasteiger partial charge in [-0.05, 0) is 30.9 Å². The van der Waals surface area contributed by atoms with Crippen molar-refractivity contribution < 1.29 is 9.90 Å². The quantitative estimate of drug-likeness (QED) is 0.696. The number of hydrogen-bond acceptors (Lipinski definition) is 4. The first-order chi connectivity index (χ1) is 12.6. The lowest BCUT2D eigenvalue weighted by molar-refractivity contribution is -0.117. The Morgan fingerprint density at radius 3 is 2.81 bits per heavy atom. The lowest BCUT2D eigenvalue weighted by Crippen LogP contribution is -2.18. The van der Waals surface area contributed by atoms with Crippen LogP contribution in [0.3, 0.4) is 0 Å². The molecule has 0 saturated heterocycles. The SMILES string of the molecule is O=NCC(CO)n1cc(NC(=O)CC2CCCCC2)c2c(Cl)cccc21. The summed E-state index contributed by atoms with van der Waals surface area (Å²) >= 11 is 6.36. The maximum atomic E-state index is 12.5. The molecule has 6 nitrogen and oxygen atoms in total. The van der Waals surface area contributed by atoms with Crippen LogP contribution in [0.5, 0.6) is 0 Å². The Kier molecular flexibility index (Phi) is 6.27. The number of carbonyl (C=O) groups is 1. The van der Waals surface area contributed by atoms with E-state index in [2.05, 4.69) is 10.5 Å². The summed E-state index contributed by atoms with van der Waals surface area (Å²) in [6, 6.07) is 4.93. The van der Waals surface area contributed by atoms with Crippen LogP contribution >= 0.6 is 11.6 Å². The highest BCUT2D eigenvalue weighted by atomic mass is 35.5. The molecule has 7 heteroatoms. The zero-order chi connectivity index (χ0) is 18.5. The van der Waals surface area contributed by atoms with Crippen molar-refractivity contribution in [1.29, 1.82) is 0 Å². The van der Waals surface area contributed by atoms with Crippen molar-refractivity contribution >= 4 is 34.1 Å². The molecule has 1 fully saturated rings. The first-order valence-electron chi connectivity index (χ1n) is 9.13. The number of halogens is 1. The van der Waals surface area contributed by atoms with E-state index in [-0.39, 0.29) is 19.1 Å². The number of aliphatic hydroxyl groups excluding tert-OH is 1. The number of rotatable bonds is 7. The Hall–Kier alpha value is -1.92. The fourth-order valence-electron chi connectivity index (χ4n) is 3.84. The van der Waals surface area contributed by atoms with Crippen LogP contribution in [0.2, 0.25) is 5.02 Å². The molecule has 2 aromatic rings. The third-order valence-corrected chi connectivity index (χ3v) is 5.48. The monoisotopic (exact) mass is 377 g/mol. The fourth-order valence-corrected chi connectivity index (χ4v) is 4.11. The van der Waals surface area contributed by atoms with Crippen molar-refractivity contribution in [2.24, 2.45) is 11.1 Å². The minimum absolute atomic E-state index is 0.0232. The molecular weight excluding hydrogens is 354 g/mol. The summed E-state index contributed by atoms with van der Waals surface area (Å²) < 4.78 is 1.76. The lowest BCUT2D eigenvalue weighted by Gasteiger charge is -2.20. The molecule has 1 aromatic carbocycles. The topological polar surface area (TPSA) is 83.7 Å². The third kappa shape index (κ3) is 4.07. The van der Waals surface area contributed by atoms with Crippen molar-refractivity contribution in [3.8, 4) is 0 Å². The predicted molar refractivity (Wildman–Crippen MR) is 104 cm³/mol. The minimum Gasteiger partial charge on any atom is -0.394 e. The molecule has 1 atom stereocenters. The van der Waals surface area contributed by atoms with Crippen LogP contribution in [-0.2, 0) is 4.79 Å². The molecule has 1 aliphatic carbocycles. The normalized spacial score (nSPS) is 16.5. The van der Waals surface area contributed by atoms with E-state index in [4.69, 9.17) is 11.6 Å². The molecule has 1 amide bonds. The van der Waals surface area contributed by atoms with E-state index in [1.54, 1.807) is 22.9 Å². The largest absolute Gasteiger partial charge is 0.394 e. The van der Waals surface area contributed by atoms with Crippen LogP contribution in [0.15, 0.2) is 29.6 Å². The average Bonchev–Trinajstić information content (AvgIpc) is 3.00. The molecule has 0 aliphatic heterocycles. The van der Waals surface area contributed by atoms with Crippen LogP contribution in [0.25, 0.3) is 10.9 Å². The van der Waals surface area contributed by atoms with Crippen molar-refractivity contribution in [3.63, 3.8) is 0 Å². The van der Waals surface area contributed by atoms with Gasteiger partial charge in [0.1, 0.15) is 6.54 Å². The van der Waals surface area contributed by atoms with E-state index in [0.29, 0.717) is 23.0 Å². The van der Waals surface area contributed by atoms with Crippen molar-refractivity contribution in [2.45, 2.75) is 44.6 Å². The fraction of sp³-hybridized carbons (Fsp3) is 0.526. The summed E-state index contributed by atoms with van der Waals surface area (Å²) in [6.07, 6.45) is 8.10. The van der Waals surface area contributed by atoms with Gasteiger partial charge in [0.05, 0.1) is 28.9 Å². The summed E-state index contributed by atoms with van der Waals surface area (Å²) in [5.74, 6) is 0.418. The van der Waals surface area contributed by atoms with Gasteiger partial charge in [-0.15, -0.1) is 0 Å². The zero-order valence-electron chi connectivity index (χ0n) is 14.7. The highest BCUT2D eigenvalue weighted by Crippen LogP contribution is 2.35. The summed E-state index contributed by atoms with van der Waals surface area (Å²) in [5.41, 5.74) is 1.36. The standard InChI is InChI=1S/C19H24ClN3O3/c20-15-7-4-8-17-19(15)16(11-23(17)14(12-24)10-21-26)22-18(25)9-13-5-2-1-3-6-13/h4,7-8,11,13-14,24H,1-3,5-6,9-10,12H2,(H,22,25).